The number of rotatable bonds is 2. The van der Waals surface area contributed by atoms with E-state index in [1.54, 1.807) is 0 Å². The molecule has 1 saturated carbocycles. The molecule has 0 saturated heterocycles. The SMILES string of the molecule is [CH2]CC1C[CH]C(CC#N)C1C. The van der Waals surface area contributed by atoms with Crippen LogP contribution in [0.1, 0.15) is 26.2 Å². The molecule has 0 N–H and O–H groups in total. The molecule has 1 aliphatic rings. The minimum absolute atomic E-state index is 0.534. The largest absolute Gasteiger partial charge is 0.198 e. The Bertz CT molecular complexity index is 157. The van der Waals surface area contributed by atoms with Crippen LogP contribution in [0.5, 0.6) is 0 Å². The van der Waals surface area contributed by atoms with Crippen LogP contribution in [0.2, 0.25) is 0 Å². The van der Waals surface area contributed by atoms with E-state index >= 15 is 0 Å². The summed E-state index contributed by atoms with van der Waals surface area (Å²) in [6.45, 7) is 6.15. The Kier molecular flexibility index (Phi) is 2.93. The highest BCUT2D eigenvalue weighted by Gasteiger charge is 2.31. The lowest BCUT2D eigenvalue weighted by Crippen LogP contribution is -2.09. The van der Waals surface area contributed by atoms with Crippen molar-refractivity contribution in [2.45, 2.75) is 26.2 Å². The second kappa shape index (κ2) is 3.76. The van der Waals surface area contributed by atoms with Gasteiger partial charge in [0.25, 0.3) is 0 Å². The molecule has 1 heteroatoms. The molecule has 0 spiro atoms. The summed E-state index contributed by atoms with van der Waals surface area (Å²) >= 11 is 0. The van der Waals surface area contributed by atoms with Crippen molar-refractivity contribution in [2.75, 3.05) is 0 Å². The van der Waals surface area contributed by atoms with Crippen molar-refractivity contribution >= 4 is 0 Å². The second-order valence-electron chi connectivity index (χ2n) is 3.41. The Morgan fingerprint density at radius 3 is 2.91 bits per heavy atom. The van der Waals surface area contributed by atoms with Crippen LogP contribution < -0.4 is 0 Å². The van der Waals surface area contributed by atoms with E-state index in [4.69, 9.17) is 5.26 Å². The number of hydrogen-bond donors (Lipinski definition) is 0. The number of nitriles is 1. The van der Waals surface area contributed by atoms with Gasteiger partial charge in [0.2, 0.25) is 0 Å². The molecule has 0 amide bonds. The zero-order valence-corrected chi connectivity index (χ0v) is 7.09. The van der Waals surface area contributed by atoms with E-state index in [9.17, 15) is 0 Å². The maximum Gasteiger partial charge on any atom is 0.0624 e. The summed E-state index contributed by atoms with van der Waals surface area (Å²) in [5.74, 6) is 1.94. The average Bonchev–Trinajstić information content (AvgIpc) is 2.34. The maximum absolute atomic E-state index is 8.52. The van der Waals surface area contributed by atoms with Crippen molar-refractivity contribution in [1.82, 2.24) is 0 Å². The normalized spacial score (nSPS) is 37.0. The monoisotopic (exact) mass is 149 g/mol. The summed E-state index contributed by atoms with van der Waals surface area (Å²) in [6, 6.07) is 2.23. The zero-order chi connectivity index (χ0) is 8.27. The van der Waals surface area contributed by atoms with Crippen molar-refractivity contribution in [1.29, 1.82) is 5.26 Å². The highest BCUT2D eigenvalue weighted by atomic mass is 14.4. The molecule has 3 unspecified atom stereocenters. The van der Waals surface area contributed by atoms with Gasteiger partial charge in [0.05, 0.1) is 6.07 Å². The molecular weight excluding hydrogens is 134 g/mol. The van der Waals surface area contributed by atoms with Crippen LogP contribution in [-0.4, -0.2) is 0 Å². The molecule has 1 nitrogen and oxygen atoms in total. The lowest BCUT2D eigenvalue weighted by atomic mass is 9.88. The third kappa shape index (κ3) is 1.74. The van der Waals surface area contributed by atoms with Gasteiger partial charge in [0.1, 0.15) is 0 Å². The van der Waals surface area contributed by atoms with E-state index in [-0.39, 0.29) is 0 Å². The Morgan fingerprint density at radius 1 is 1.73 bits per heavy atom. The van der Waals surface area contributed by atoms with Gasteiger partial charge in [-0.25, -0.2) is 0 Å². The first-order valence-corrected chi connectivity index (χ1v) is 4.29. The van der Waals surface area contributed by atoms with E-state index < -0.39 is 0 Å². The van der Waals surface area contributed by atoms with Crippen molar-refractivity contribution < 1.29 is 0 Å². The van der Waals surface area contributed by atoms with Gasteiger partial charge in [-0.05, 0) is 30.6 Å². The van der Waals surface area contributed by atoms with Crippen LogP contribution in [-0.2, 0) is 0 Å². The summed E-state index contributed by atoms with van der Waals surface area (Å²) < 4.78 is 0. The molecule has 1 aliphatic carbocycles. The van der Waals surface area contributed by atoms with Crippen molar-refractivity contribution in [2.24, 2.45) is 17.8 Å². The lowest BCUT2D eigenvalue weighted by Gasteiger charge is -2.16. The summed E-state index contributed by atoms with van der Waals surface area (Å²) in [4.78, 5) is 0. The van der Waals surface area contributed by atoms with Crippen LogP contribution in [0.4, 0.5) is 0 Å². The zero-order valence-electron chi connectivity index (χ0n) is 7.09. The van der Waals surface area contributed by atoms with Gasteiger partial charge in [-0.2, -0.15) is 5.26 Å². The lowest BCUT2D eigenvalue weighted by molar-refractivity contribution is 0.352. The summed E-state index contributed by atoms with van der Waals surface area (Å²) in [6.07, 6.45) is 5.16. The van der Waals surface area contributed by atoms with Crippen LogP contribution in [0.25, 0.3) is 0 Å². The van der Waals surface area contributed by atoms with Crippen LogP contribution in [0.15, 0.2) is 0 Å². The third-order valence-corrected chi connectivity index (χ3v) is 2.86. The van der Waals surface area contributed by atoms with E-state index in [0.29, 0.717) is 18.3 Å². The standard InChI is InChI=1S/C10H15N/c1-3-9-4-5-10(6-7-11)8(9)2/h5,8-10H,1,3-4,6H2,2H3. The van der Waals surface area contributed by atoms with Crippen molar-refractivity contribution in [3.63, 3.8) is 0 Å². The van der Waals surface area contributed by atoms with Gasteiger partial charge < -0.3 is 0 Å². The molecule has 0 aromatic heterocycles. The fourth-order valence-electron chi connectivity index (χ4n) is 1.88. The van der Waals surface area contributed by atoms with Gasteiger partial charge >= 0.3 is 0 Å². The van der Waals surface area contributed by atoms with Crippen LogP contribution in [0, 0.1) is 42.4 Å². The van der Waals surface area contributed by atoms with E-state index in [0.717, 1.165) is 18.8 Å². The highest BCUT2D eigenvalue weighted by molar-refractivity contribution is 4.97. The predicted molar refractivity (Wildman–Crippen MR) is 45.3 cm³/mol. The topological polar surface area (TPSA) is 23.8 Å². The first-order valence-electron chi connectivity index (χ1n) is 4.29. The molecule has 60 valence electrons. The summed E-state index contributed by atoms with van der Waals surface area (Å²) in [7, 11) is 0. The minimum atomic E-state index is 0.534. The second-order valence-corrected chi connectivity index (χ2v) is 3.41. The number of nitrogens with zero attached hydrogens (tertiary/aromatic N) is 1. The van der Waals surface area contributed by atoms with Crippen LogP contribution >= 0.6 is 0 Å². The van der Waals surface area contributed by atoms with Crippen LogP contribution in [0.3, 0.4) is 0 Å². The van der Waals surface area contributed by atoms with E-state index in [1.807, 2.05) is 0 Å². The Morgan fingerprint density at radius 2 is 2.45 bits per heavy atom. The van der Waals surface area contributed by atoms with Crippen molar-refractivity contribution in [3.8, 4) is 6.07 Å². The van der Waals surface area contributed by atoms with E-state index in [1.165, 1.54) is 0 Å². The molecule has 0 aromatic carbocycles. The Hall–Kier alpha value is -0.510. The Labute approximate surface area is 69.4 Å². The van der Waals surface area contributed by atoms with Gasteiger partial charge in [0.15, 0.2) is 0 Å². The van der Waals surface area contributed by atoms with Gasteiger partial charge in [-0.1, -0.05) is 20.3 Å². The minimum Gasteiger partial charge on any atom is -0.198 e. The molecule has 2 radical (unpaired) electrons. The van der Waals surface area contributed by atoms with Gasteiger partial charge in [0, 0.05) is 6.42 Å². The fourth-order valence-corrected chi connectivity index (χ4v) is 1.88. The smallest absolute Gasteiger partial charge is 0.0624 e. The maximum atomic E-state index is 8.52. The average molecular weight is 149 g/mol. The molecule has 0 heterocycles. The van der Waals surface area contributed by atoms with E-state index in [2.05, 4.69) is 26.3 Å². The Balaban J connectivity index is 2.43. The van der Waals surface area contributed by atoms with Gasteiger partial charge in [-0.3, -0.25) is 0 Å². The molecule has 0 aromatic rings. The highest BCUT2D eigenvalue weighted by Crippen LogP contribution is 2.39. The molecule has 3 atom stereocenters. The summed E-state index contributed by atoms with van der Waals surface area (Å²) in [5, 5.41) is 8.52. The molecular formula is C10H15N. The van der Waals surface area contributed by atoms with Gasteiger partial charge in [-0.15, -0.1) is 0 Å². The first-order chi connectivity index (χ1) is 5.29. The fraction of sp³-hybridized carbons (Fsp3) is 0.700. The molecule has 0 aliphatic heterocycles. The molecule has 1 fully saturated rings. The third-order valence-electron chi connectivity index (χ3n) is 2.86. The first kappa shape index (κ1) is 8.59. The quantitative estimate of drug-likeness (QED) is 0.592. The number of hydrogen-bond acceptors (Lipinski definition) is 1. The molecule has 11 heavy (non-hydrogen) atoms. The van der Waals surface area contributed by atoms with Crippen molar-refractivity contribution in [3.05, 3.63) is 13.3 Å². The molecule has 1 rings (SSSR count). The summed E-state index contributed by atoms with van der Waals surface area (Å²) in [5.41, 5.74) is 0. The molecule has 0 bridgehead atoms. The predicted octanol–water partition coefficient (Wildman–Crippen LogP) is 2.60.